The highest BCUT2D eigenvalue weighted by Gasteiger charge is 2.34. The number of benzene rings is 1. The number of tetrazole rings is 1. The first-order valence-electron chi connectivity index (χ1n) is 7.43. The van der Waals surface area contributed by atoms with Crippen LogP contribution in [0.2, 0.25) is 0 Å². The molecule has 0 aliphatic carbocycles. The fourth-order valence-electron chi connectivity index (χ4n) is 2.96. The largest absolute Gasteiger partial charge is 0.444 e. The number of rotatable bonds is 5. The lowest BCUT2D eigenvalue weighted by Crippen LogP contribution is -2.38. The van der Waals surface area contributed by atoms with Gasteiger partial charge in [-0.15, -0.1) is 10.2 Å². The molecule has 1 aromatic carbocycles. The van der Waals surface area contributed by atoms with Gasteiger partial charge in [0, 0.05) is 12.1 Å². The Morgan fingerprint density at radius 2 is 2.14 bits per heavy atom. The Labute approximate surface area is 128 Å². The van der Waals surface area contributed by atoms with Gasteiger partial charge in [-0.3, -0.25) is 9.69 Å². The average molecular weight is 301 g/mol. The van der Waals surface area contributed by atoms with E-state index in [0.717, 1.165) is 31.4 Å². The summed E-state index contributed by atoms with van der Waals surface area (Å²) >= 11 is 0. The van der Waals surface area contributed by atoms with E-state index in [-0.39, 0.29) is 6.04 Å². The molecular weight excluding hydrogens is 282 g/mol. The van der Waals surface area contributed by atoms with E-state index in [9.17, 15) is 4.79 Å². The van der Waals surface area contributed by atoms with Crippen LogP contribution in [0.3, 0.4) is 0 Å². The van der Waals surface area contributed by atoms with Gasteiger partial charge in [0.15, 0.2) is 12.1 Å². The van der Waals surface area contributed by atoms with Crippen molar-refractivity contribution in [3.05, 3.63) is 41.7 Å². The number of ether oxygens (including phenoxy) is 1. The van der Waals surface area contributed by atoms with Crippen LogP contribution >= 0.6 is 0 Å². The number of likely N-dealkylation sites (tertiary alicyclic amines) is 1. The van der Waals surface area contributed by atoms with Crippen LogP contribution in [0.4, 0.5) is 0 Å². The number of hydrogen-bond acceptors (Lipinski definition) is 6. The Bertz CT molecular complexity index is 615. The normalized spacial score (nSPS) is 20.5. The van der Waals surface area contributed by atoms with Crippen molar-refractivity contribution in [3.63, 3.8) is 0 Å². The molecule has 0 N–H and O–H groups in total. The van der Waals surface area contributed by atoms with Crippen LogP contribution in [0.1, 0.15) is 42.9 Å². The predicted molar refractivity (Wildman–Crippen MR) is 78.4 cm³/mol. The molecule has 1 saturated heterocycles. The quantitative estimate of drug-likeness (QED) is 0.781. The lowest BCUT2D eigenvalue weighted by atomic mass is 9.99. The van der Waals surface area contributed by atoms with Crippen molar-refractivity contribution < 1.29 is 9.53 Å². The summed E-state index contributed by atoms with van der Waals surface area (Å²) in [4.78, 5) is 14.6. The third-order valence-corrected chi connectivity index (χ3v) is 3.94. The molecule has 116 valence electrons. The SMILES string of the molecule is Cn1nnc(C2CCCCN2C(OC=O)c2ccccc2)n1. The van der Waals surface area contributed by atoms with Gasteiger partial charge in [-0.1, -0.05) is 36.8 Å². The highest BCUT2D eigenvalue weighted by atomic mass is 16.5. The van der Waals surface area contributed by atoms with Gasteiger partial charge in [0.25, 0.3) is 6.47 Å². The van der Waals surface area contributed by atoms with E-state index in [4.69, 9.17) is 4.74 Å². The lowest BCUT2D eigenvalue weighted by molar-refractivity contribution is -0.149. The van der Waals surface area contributed by atoms with Crippen LogP contribution in [0.15, 0.2) is 30.3 Å². The molecular formula is C15H19N5O2. The van der Waals surface area contributed by atoms with Gasteiger partial charge < -0.3 is 4.74 Å². The van der Waals surface area contributed by atoms with E-state index in [1.54, 1.807) is 7.05 Å². The smallest absolute Gasteiger partial charge is 0.294 e. The summed E-state index contributed by atoms with van der Waals surface area (Å²) in [7, 11) is 1.75. The van der Waals surface area contributed by atoms with Crippen LogP contribution in [0.25, 0.3) is 0 Å². The van der Waals surface area contributed by atoms with Gasteiger partial charge in [-0.2, -0.15) is 4.80 Å². The highest BCUT2D eigenvalue weighted by Crippen LogP contribution is 2.36. The number of nitrogens with zero attached hydrogens (tertiary/aromatic N) is 5. The topological polar surface area (TPSA) is 73.1 Å². The lowest BCUT2D eigenvalue weighted by Gasteiger charge is -2.38. The second-order valence-corrected chi connectivity index (χ2v) is 5.38. The number of carbonyl (C=O) groups is 1. The van der Waals surface area contributed by atoms with Crippen molar-refractivity contribution in [2.75, 3.05) is 6.54 Å². The minimum Gasteiger partial charge on any atom is -0.444 e. The van der Waals surface area contributed by atoms with Crippen LogP contribution < -0.4 is 0 Å². The minimum atomic E-state index is -0.423. The Kier molecular flexibility index (Phi) is 4.43. The zero-order valence-electron chi connectivity index (χ0n) is 12.5. The van der Waals surface area contributed by atoms with E-state index in [1.165, 1.54) is 4.80 Å². The zero-order chi connectivity index (χ0) is 15.4. The molecule has 22 heavy (non-hydrogen) atoms. The number of hydrogen-bond donors (Lipinski definition) is 0. The average Bonchev–Trinajstić information content (AvgIpc) is 3.00. The fourth-order valence-corrected chi connectivity index (χ4v) is 2.96. The molecule has 3 rings (SSSR count). The van der Waals surface area contributed by atoms with E-state index >= 15 is 0 Å². The van der Waals surface area contributed by atoms with Crippen LogP contribution in [0, 0.1) is 0 Å². The molecule has 0 bridgehead atoms. The molecule has 2 aromatic rings. The van der Waals surface area contributed by atoms with Crippen LogP contribution in [0.5, 0.6) is 0 Å². The first-order chi connectivity index (χ1) is 10.8. The molecule has 2 heterocycles. The standard InChI is InChI=1S/C15H19N5O2/c1-19-17-14(16-18-19)13-9-5-6-10-20(13)15(22-11-21)12-7-3-2-4-8-12/h2-4,7-8,11,13,15H,5-6,9-10H2,1H3. The van der Waals surface area contributed by atoms with Gasteiger partial charge in [-0.05, 0) is 18.1 Å². The molecule has 1 aliphatic rings. The van der Waals surface area contributed by atoms with E-state index in [1.807, 2.05) is 30.3 Å². The molecule has 7 nitrogen and oxygen atoms in total. The third kappa shape index (κ3) is 2.99. The molecule has 1 fully saturated rings. The van der Waals surface area contributed by atoms with Crippen molar-refractivity contribution in [2.45, 2.75) is 31.5 Å². The molecule has 0 saturated carbocycles. The first kappa shape index (κ1) is 14.6. The maximum Gasteiger partial charge on any atom is 0.294 e. The van der Waals surface area contributed by atoms with Gasteiger partial charge in [0.05, 0.1) is 13.1 Å². The molecule has 0 radical (unpaired) electrons. The van der Waals surface area contributed by atoms with Gasteiger partial charge in [-0.25, -0.2) is 0 Å². The molecule has 0 amide bonds. The molecule has 0 spiro atoms. The van der Waals surface area contributed by atoms with Crippen molar-refractivity contribution in [1.29, 1.82) is 0 Å². The van der Waals surface area contributed by atoms with Crippen LogP contribution in [-0.2, 0) is 16.6 Å². The summed E-state index contributed by atoms with van der Waals surface area (Å²) in [5, 5.41) is 12.4. The first-order valence-corrected chi connectivity index (χ1v) is 7.43. The Balaban J connectivity index is 1.91. The predicted octanol–water partition coefficient (Wildman–Crippen LogP) is 1.61. The summed E-state index contributed by atoms with van der Waals surface area (Å²) < 4.78 is 5.39. The van der Waals surface area contributed by atoms with Crippen LogP contribution in [-0.4, -0.2) is 38.1 Å². The Morgan fingerprint density at radius 3 is 2.82 bits per heavy atom. The molecule has 2 atom stereocenters. The molecule has 1 aliphatic heterocycles. The Morgan fingerprint density at radius 1 is 1.32 bits per heavy atom. The number of aromatic nitrogens is 4. The third-order valence-electron chi connectivity index (χ3n) is 3.94. The number of carbonyl (C=O) groups excluding carboxylic acids is 1. The van der Waals surface area contributed by atoms with E-state index in [2.05, 4.69) is 20.3 Å². The van der Waals surface area contributed by atoms with Crippen molar-refractivity contribution in [1.82, 2.24) is 25.1 Å². The molecule has 2 unspecified atom stereocenters. The fraction of sp³-hybridized carbons (Fsp3) is 0.467. The summed E-state index contributed by atoms with van der Waals surface area (Å²) in [6, 6.07) is 9.76. The number of aryl methyl sites for hydroxylation is 1. The summed E-state index contributed by atoms with van der Waals surface area (Å²) in [5.74, 6) is 0.678. The van der Waals surface area contributed by atoms with Gasteiger partial charge in [0.1, 0.15) is 0 Å². The maximum absolute atomic E-state index is 11.0. The molecule has 7 heteroatoms. The monoisotopic (exact) mass is 301 g/mol. The van der Waals surface area contributed by atoms with Gasteiger partial charge >= 0.3 is 0 Å². The van der Waals surface area contributed by atoms with E-state index in [0.29, 0.717) is 12.3 Å². The highest BCUT2D eigenvalue weighted by molar-refractivity contribution is 5.38. The Hall–Kier alpha value is -2.28. The summed E-state index contributed by atoms with van der Waals surface area (Å²) in [6.07, 6.45) is 2.66. The van der Waals surface area contributed by atoms with E-state index < -0.39 is 6.23 Å². The summed E-state index contributed by atoms with van der Waals surface area (Å²) in [5.41, 5.74) is 0.949. The zero-order valence-corrected chi connectivity index (χ0v) is 12.5. The van der Waals surface area contributed by atoms with Crippen molar-refractivity contribution in [2.24, 2.45) is 7.05 Å². The van der Waals surface area contributed by atoms with Gasteiger partial charge in [0.2, 0.25) is 0 Å². The second-order valence-electron chi connectivity index (χ2n) is 5.38. The number of piperidine rings is 1. The minimum absolute atomic E-state index is 0.00704. The molecule has 1 aromatic heterocycles. The van der Waals surface area contributed by atoms with Crippen molar-refractivity contribution >= 4 is 6.47 Å². The summed E-state index contributed by atoms with van der Waals surface area (Å²) in [6.45, 7) is 1.34. The second kappa shape index (κ2) is 6.65. The van der Waals surface area contributed by atoms with Crippen molar-refractivity contribution in [3.8, 4) is 0 Å². The maximum atomic E-state index is 11.0.